The number of aliphatic hydroxyl groups excluding tert-OH is 1. The summed E-state index contributed by atoms with van der Waals surface area (Å²) in [5.41, 5.74) is 1.65. The first-order valence-corrected chi connectivity index (χ1v) is 10.1. The molecule has 0 spiro atoms. The van der Waals surface area contributed by atoms with E-state index in [0.29, 0.717) is 5.02 Å². The van der Waals surface area contributed by atoms with Crippen molar-refractivity contribution < 1.29 is 13.5 Å². The average Bonchev–Trinajstić information content (AvgIpc) is 2.59. The van der Waals surface area contributed by atoms with E-state index in [1.807, 2.05) is 45.0 Å². The molecule has 25 heavy (non-hydrogen) atoms. The molecule has 0 heterocycles. The van der Waals surface area contributed by atoms with E-state index in [9.17, 15) is 13.5 Å². The van der Waals surface area contributed by atoms with Gasteiger partial charge in [-0.1, -0.05) is 56.1 Å². The number of aliphatic hydroxyl groups is 1. The molecule has 6 heteroatoms. The van der Waals surface area contributed by atoms with Gasteiger partial charge in [0.2, 0.25) is 10.0 Å². The van der Waals surface area contributed by atoms with Crippen LogP contribution < -0.4 is 4.72 Å². The Balaban J connectivity index is 2.35. The van der Waals surface area contributed by atoms with E-state index >= 15 is 0 Å². The summed E-state index contributed by atoms with van der Waals surface area (Å²) in [5, 5.41) is 11.3. The minimum Gasteiger partial charge on any atom is -0.387 e. The zero-order valence-electron chi connectivity index (χ0n) is 14.6. The zero-order valence-corrected chi connectivity index (χ0v) is 16.2. The van der Waals surface area contributed by atoms with Gasteiger partial charge >= 0.3 is 0 Å². The van der Waals surface area contributed by atoms with Crippen LogP contribution in [-0.4, -0.2) is 19.6 Å². The van der Waals surface area contributed by atoms with E-state index in [1.165, 1.54) is 24.3 Å². The summed E-state index contributed by atoms with van der Waals surface area (Å²) in [6, 6.07) is 12.8. The van der Waals surface area contributed by atoms with E-state index < -0.39 is 22.2 Å². The van der Waals surface area contributed by atoms with Gasteiger partial charge in [0.1, 0.15) is 0 Å². The Morgan fingerprint density at radius 1 is 1.12 bits per heavy atom. The monoisotopic (exact) mass is 381 g/mol. The molecule has 2 aromatic carbocycles. The summed E-state index contributed by atoms with van der Waals surface area (Å²) < 4.78 is 28.1. The van der Waals surface area contributed by atoms with Crippen LogP contribution in [0.15, 0.2) is 53.4 Å². The number of sulfonamides is 1. The van der Waals surface area contributed by atoms with Crippen LogP contribution in [0.5, 0.6) is 0 Å². The molecule has 0 aliphatic carbocycles. The fourth-order valence-electron chi connectivity index (χ4n) is 2.72. The highest BCUT2D eigenvalue weighted by molar-refractivity contribution is 7.89. The molecule has 0 aromatic heterocycles. The highest BCUT2D eigenvalue weighted by Gasteiger charge is 2.31. The van der Waals surface area contributed by atoms with Crippen molar-refractivity contribution in [2.45, 2.75) is 44.2 Å². The summed E-state index contributed by atoms with van der Waals surface area (Å²) in [4.78, 5) is 0.127. The number of halogens is 1. The Morgan fingerprint density at radius 2 is 1.72 bits per heavy atom. The number of hydrogen-bond acceptors (Lipinski definition) is 3. The normalized spacial score (nSPS) is 15.6. The average molecular weight is 382 g/mol. The van der Waals surface area contributed by atoms with Crippen molar-refractivity contribution in [2.24, 2.45) is 5.92 Å². The second-order valence-electron chi connectivity index (χ2n) is 6.29. The third-order valence-corrected chi connectivity index (χ3v) is 6.25. The molecule has 2 rings (SSSR count). The molecule has 0 radical (unpaired) electrons. The maximum absolute atomic E-state index is 12.7. The van der Waals surface area contributed by atoms with Gasteiger partial charge < -0.3 is 5.11 Å². The second-order valence-corrected chi connectivity index (χ2v) is 8.44. The highest BCUT2D eigenvalue weighted by atomic mass is 35.5. The number of hydrogen-bond donors (Lipinski definition) is 2. The lowest BCUT2D eigenvalue weighted by Crippen LogP contribution is -2.43. The third kappa shape index (κ3) is 4.82. The second kappa shape index (κ2) is 8.32. The van der Waals surface area contributed by atoms with Crippen molar-refractivity contribution in [1.29, 1.82) is 0 Å². The molecule has 4 nitrogen and oxygen atoms in total. The van der Waals surface area contributed by atoms with Crippen molar-refractivity contribution in [3.8, 4) is 0 Å². The van der Waals surface area contributed by atoms with Gasteiger partial charge in [0, 0.05) is 5.02 Å². The zero-order chi connectivity index (χ0) is 18.6. The van der Waals surface area contributed by atoms with Crippen molar-refractivity contribution in [1.82, 2.24) is 4.72 Å². The summed E-state index contributed by atoms with van der Waals surface area (Å²) in [6.07, 6.45) is -0.199. The molecular weight excluding hydrogens is 358 g/mol. The topological polar surface area (TPSA) is 66.4 Å². The van der Waals surface area contributed by atoms with Gasteiger partial charge in [0.25, 0.3) is 0 Å². The van der Waals surface area contributed by atoms with E-state index in [-0.39, 0.29) is 10.8 Å². The Kier molecular flexibility index (Phi) is 6.63. The maximum Gasteiger partial charge on any atom is 0.240 e. The molecule has 3 atom stereocenters. The van der Waals surface area contributed by atoms with Crippen LogP contribution in [0.4, 0.5) is 0 Å². The smallest absolute Gasteiger partial charge is 0.240 e. The number of benzene rings is 2. The van der Waals surface area contributed by atoms with Gasteiger partial charge in [-0.2, -0.15) is 0 Å². The van der Waals surface area contributed by atoms with Crippen molar-refractivity contribution in [2.75, 3.05) is 0 Å². The van der Waals surface area contributed by atoms with Crippen LogP contribution >= 0.6 is 11.6 Å². The molecule has 0 fully saturated rings. The largest absolute Gasteiger partial charge is 0.387 e. The van der Waals surface area contributed by atoms with Crippen molar-refractivity contribution >= 4 is 21.6 Å². The fourth-order valence-corrected chi connectivity index (χ4v) is 4.19. The standard InChI is InChI=1S/C19H24ClNO3S/c1-4-13(2)18(19(22)17-8-6-5-7-14(17)3)21-25(23,24)16-11-9-15(20)10-12-16/h5-13,18-19,21-22H,4H2,1-3H3/t13-,18-,19?/m0/s1. The first kappa shape index (κ1) is 19.9. The number of nitrogens with one attached hydrogen (secondary N) is 1. The Morgan fingerprint density at radius 3 is 2.28 bits per heavy atom. The SMILES string of the molecule is CC[C@H](C)[C@H](NS(=O)(=O)c1ccc(Cl)cc1)C(O)c1ccccc1C. The Labute approximate surface area is 154 Å². The molecule has 136 valence electrons. The number of rotatable bonds is 7. The molecule has 0 bridgehead atoms. The van der Waals surface area contributed by atoms with Gasteiger partial charge in [-0.25, -0.2) is 13.1 Å². The summed E-state index contributed by atoms with van der Waals surface area (Å²) in [6.45, 7) is 5.80. The van der Waals surface area contributed by atoms with Crippen LogP contribution in [-0.2, 0) is 10.0 Å². The molecule has 2 N–H and O–H groups in total. The molecule has 2 aromatic rings. The molecule has 0 aliphatic rings. The minimum atomic E-state index is -3.77. The first-order chi connectivity index (χ1) is 11.8. The molecule has 0 amide bonds. The van der Waals surface area contributed by atoms with Gasteiger partial charge in [-0.05, 0) is 48.2 Å². The van der Waals surface area contributed by atoms with Crippen LogP contribution in [0.1, 0.15) is 37.5 Å². The summed E-state index contributed by atoms with van der Waals surface area (Å²) in [5.74, 6) is -0.0447. The lowest BCUT2D eigenvalue weighted by Gasteiger charge is -2.30. The number of aryl methyl sites for hydroxylation is 1. The lowest BCUT2D eigenvalue weighted by atomic mass is 9.89. The fraction of sp³-hybridized carbons (Fsp3) is 0.368. The maximum atomic E-state index is 12.7. The molecule has 0 saturated carbocycles. The van der Waals surface area contributed by atoms with Crippen LogP contribution in [0.2, 0.25) is 5.02 Å². The Hall–Kier alpha value is -1.40. The quantitative estimate of drug-likeness (QED) is 0.759. The lowest BCUT2D eigenvalue weighted by molar-refractivity contribution is 0.111. The minimum absolute atomic E-state index is 0.0447. The van der Waals surface area contributed by atoms with E-state index in [2.05, 4.69) is 4.72 Å². The van der Waals surface area contributed by atoms with Crippen molar-refractivity contribution in [3.05, 3.63) is 64.7 Å². The molecule has 0 saturated heterocycles. The van der Waals surface area contributed by atoms with Crippen molar-refractivity contribution in [3.63, 3.8) is 0 Å². The van der Waals surface area contributed by atoms with Gasteiger partial charge in [-0.15, -0.1) is 0 Å². The van der Waals surface area contributed by atoms with Crippen LogP contribution in [0, 0.1) is 12.8 Å². The van der Waals surface area contributed by atoms with Crippen LogP contribution in [0.25, 0.3) is 0 Å². The van der Waals surface area contributed by atoms with Gasteiger partial charge in [0.15, 0.2) is 0 Å². The van der Waals surface area contributed by atoms with E-state index in [0.717, 1.165) is 17.5 Å². The summed E-state index contributed by atoms with van der Waals surface area (Å²) >= 11 is 5.83. The molecular formula is C19H24ClNO3S. The third-order valence-electron chi connectivity index (χ3n) is 4.52. The molecule has 0 aliphatic heterocycles. The van der Waals surface area contributed by atoms with E-state index in [4.69, 9.17) is 11.6 Å². The van der Waals surface area contributed by atoms with Gasteiger partial charge in [-0.3, -0.25) is 0 Å². The molecule has 1 unspecified atom stereocenters. The summed E-state index contributed by atoms with van der Waals surface area (Å²) in [7, 11) is -3.77. The van der Waals surface area contributed by atoms with E-state index in [1.54, 1.807) is 0 Å². The first-order valence-electron chi connectivity index (χ1n) is 8.27. The van der Waals surface area contributed by atoms with Gasteiger partial charge in [0.05, 0.1) is 17.0 Å². The predicted molar refractivity (Wildman–Crippen MR) is 101 cm³/mol. The predicted octanol–water partition coefficient (Wildman–Crippen LogP) is 4.08. The highest BCUT2D eigenvalue weighted by Crippen LogP contribution is 2.27. The Bertz CT molecular complexity index is 806. The van der Waals surface area contributed by atoms with Crippen LogP contribution in [0.3, 0.4) is 0 Å².